The third-order valence-electron chi connectivity index (χ3n) is 5.47. The summed E-state index contributed by atoms with van der Waals surface area (Å²) in [6.07, 6.45) is 4.99. The molecular weight excluding hydrogens is 400 g/mol. The molecule has 0 spiro atoms. The summed E-state index contributed by atoms with van der Waals surface area (Å²) in [5, 5.41) is 2.81. The third-order valence-corrected chi connectivity index (χ3v) is 6.87. The van der Waals surface area contributed by atoms with Crippen molar-refractivity contribution in [3.05, 3.63) is 65.7 Å². The molecule has 3 rings (SSSR count). The molecule has 1 aliphatic carbocycles. The summed E-state index contributed by atoms with van der Waals surface area (Å²) >= 11 is 0. The minimum atomic E-state index is -3.72. The fourth-order valence-corrected chi connectivity index (χ4v) is 4.73. The Bertz CT molecular complexity index is 931. The summed E-state index contributed by atoms with van der Waals surface area (Å²) < 4.78 is 33.7. The van der Waals surface area contributed by atoms with Crippen LogP contribution in [0, 0.1) is 5.92 Å². The van der Waals surface area contributed by atoms with Crippen molar-refractivity contribution in [3.63, 3.8) is 0 Å². The number of amides is 1. The predicted molar refractivity (Wildman–Crippen MR) is 117 cm³/mol. The molecule has 2 aromatic carbocycles. The third kappa shape index (κ3) is 6.39. The van der Waals surface area contributed by atoms with Crippen LogP contribution in [0.3, 0.4) is 0 Å². The lowest BCUT2D eigenvalue weighted by molar-refractivity contribution is -0.00293. The number of carbonyl (C=O) groups excluding carboxylic acids is 1. The van der Waals surface area contributed by atoms with Crippen LogP contribution >= 0.6 is 0 Å². The van der Waals surface area contributed by atoms with Crippen molar-refractivity contribution in [2.24, 2.45) is 5.92 Å². The van der Waals surface area contributed by atoms with Gasteiger partial charge in [-0.1, -0.05) is 56.2 Å². The van der Waals surface area contributed by atoms with Crippen LogP contribution in [0.2, 0.25) is 0 Å². The van der Waals surface area contributed by atoms with Gasteiger partial charge in [-0.05, 0) is 42.5 Å². The zero-order valence-electron chi connectivity index (χ0n) is 17.3. The first kappa shape index (κ1) is 22.5. The molecule has 0 saturated heterocycles. The summed E-state index contributed by atoms with van der Waals surface area (Å²) in [6, 6.07) is 15.3. The average Bonchev–Trinajstić information content (AvgIpc) is 2.77. The van der Waals surface area contributed by atoms with Crippen LogP contribution in [-0.2, 0) is 21.3 Å². The Kier molecular flexibility index (Phi) is 8.01. The molecule has 0 bridgehead atoms. The van der Waals surface area contributed by atoms with E-state index in [9.17, 15) is 13.2 Å². The zero-order chi connectivity index (χ0) is 21.4. The molecule has 1 aliphatic rings. The highest BCUT2D eigenvalue weighted by Gasteiger charge is 2.21. The van der Waals surface area contributed by atoms with Gasteiger partial charge in [-0.2, -0.15) is 0 Å². The Balaban J connectivity index is 1.51. The van der Waals surface area contributed by atoms with Crippen LogP contribution in [0.1, 0.15) is 48.5 Å². The number of hydrogen-bond acceptors (Lipinski definition) is 4. The van der Waals surface area contributed by atoms with Gasteiger partial charge in [0.25, 0.3) is 5.91 Å². The first-order valence-electron chi connectivity index (χ1n) is 10.5. The molecule has 7 heteroatoms. The Morgan fingerprint density at radius 3 is 2.60 bits per heavy atom. The minimum absolute atomic E-state index is 0.0679. The van der Waals surface area contributed by atoms with E-state index in [1.54, 1.807) is 12.1 Å². The summed E-state index contributed by atoms with van der Waals surface area (Å²) in [6.45, 7) is 3.25. The highest BCUT2D eigenvalue weighted by molar-refractivity contribution is 7.89. The molecule has 1 saturated carbocycles. The van der Waals surface area contributed by atoms with E-state index in [2.05, 4.69) is 17.0 Å². The first-order chi connectivity index (χ1) is 14.5. The number of rotatable bonds is 9. The predicted octanol–water partition coefficient (Wildman–Crippen LogP) is 3.49. The maximum absolute atomic E-state index is 12.6. The monoisotopic (exact) mass is 430 g/mol. The lowest BCUT2D eigenvalue weighted by Crippen LogP contribution is -2.32. The first-order valence-corrected chi connectivity index (χ1v) is 12.0. The molecule has 30 heavy (non-hydrogen) atoms. The number of hydrogen-bond donors (Lipinski definition) is 2. The molecule has 6 nitrogen and oxygen atoms in total. The van der Waals surface area contributed by atoms with E-state index in [4.69, 9.17) is 4.74 Å². The normalized spacial score (nSPS) is 19.4. The van der Waals surface area contributed by atoms with Crippen molar-refractivity contribution in [1.82, 2.24) is 10.0 Å². The molecule has 2 atom stereocenters. The molecule has 1 amide bonds. The SMILES string of the molecule is CC1CCCCC1OCCNC(=O)c1cccc(S(=O)(=O)NCc2ccccc2)c1. The van der Waals surface area contributed by atoms with Gasteiger partial charge in [0.05, 0.1) is 17.6 Å². The van der Waals surface area contributed by atoms with Gasteiger partial charge in [-0.15, -0.1) is 0 Å². The van der Waals surface area contributed by atoms with Crippen molar-refractivity contribution in [1.29, 1.82) is 0 Å². The smallest absolute Gasteiger partial charge is 0.251 e. The lowest BCUT2D eigenvalue weighted by Gasteiger charge is -2.28. The van der Waals surface area contributed by atoms with Gasteiger partial charge in [0.2, 0.25) is 10.0 Å². The molecule has 0 aliphatic heterocycles. The second-order valence-corrected chi connectivity index (χ2v) is 9.53. The Morgan fingerprint density at radius 1 is 1.07 bits per heavy atom. The Hall–Kier alpha value is -2.22. The minimum Gasteiger partial charge on any atom is -0.376 e. The van der Waals surface area contributed by atoms with E-state index in [0.29, 0.717) is 24.6 Å². The maximum atomic E-state index is 12.6. The standard InChI is InChI=1S/C23H30N2O4S/c1-18-8-5-6-13-22(18)29-15-14-24-23(26)20-11-7-12-21(16-20)30(27,28)25-17-19-9-3-2-4-10-19/h2-4,7,9-12,16,18,22,25H,5-6,8,13-15,17H2,1H3,(H,24,26). The Morgan fingerprint density at radius 2 is 1.83 bits per heavy atom. The van der Waals surface area contributed by atoms with Crippen LogP contribution in [0.5, 0.6) is 0 Å². The van der Waals surface area contributed by atoms with E-state index >= 15 is 0 Å². The summed E-state index contributed by atoms with van der Waals surface area (Å²) in [7, 11) is -3.72. The van der Waals surface area contributed by atoms with E-state index in [1.165, 1.54) is 31.4 Å². The van der Waals surface area contributed by atoms with Crippen molar-refractivity contribution in [3.8, 4) is 0 Å². The maximum Gasteiger partial charge on any atom is 0.251 e. The molecule has 0 aromatic heterocycles. The molecule has 1 fully saturated rings. The van der Waals surface area contributed by atoms with Crippen LogP contribution in [0.4, 0.5) is 0 Å². The highest BCUT2D eigenvalue weighted by Crippen LogP contribution is 2.26. The fraction of sp³-hybridized carbons (Fsp3) is 0.435. The van der Waals surface area contributed by atoms with Gasteiger partial charge in [0.1, 0.15) is 0 Å². The number of sulfonamides is 1. The topological polar surface area (TPSA) is 84.5 Å². The summed E-state index contributed by atoms with van der Waals surface area (Å²) in [5.41, 5.74) is 1.17. The van der Waals surface area contributed by atoms with E-state index in [1.807, 2.05) is 30.3 Å². The van der Waals surface area contributed by atoms with E-state index in [0.717, 1.165) is 12.0 Å². The number of nitrogens with one attached hydrogen (secondary N) is 2. The van der Waals surface area contributed by atoms with Gasteiger partial charge in [-0.3, -0.25) is 4.79 Å². The largest absolute Gasteiger partial charge is 0.376 e. The molecule has 0 heterocycles. The van der Waals surface area contributed by atoms with Gasteiger partial charge in [0.15, 0.2) is 0 Å². The van der Waals surface area contributed by atoms with Crippen molar-refractivity contribution in [2.75, 3.05) is 13.2 Å². The van der Waals surface area contributed by atoms with Crippen molar-refractivity contribution < 1.29 is 17.9 Å². The Labute approximate surface area is 179 Å². The second-order valence-electron chi connectivity index (χ2n) is 7.76. The van der Waals surface area contributed by atoms with Crippen LogP contribution < -0.4 is 10.0 Å². The van der Waals surface area contributed by atoms with E-state index < -0.39 is 10.0 Å². The van der Waals surface area contributed by atoms with Gasteiger partial charge >= 0.3 is 0 Å². The number of carbonyl (C=O) groups is 1. The quantitative estimate of drug-likeness (QED) is 0.597. The molecule has 0 radical (unpaired) electrons. The molecular formula is C23H30N2O4S. The highest BCUT2D eigenvalue weighted by atomic mass is 32.2. The number of ether oxygens (including phenoxy) is 1. The number of benzene rings is 2. The zero-order valence-corrected chi connectivity index (χ0v) is 18.2. The molecule has 2 unspecified atom stereocenters. The molecule has 2 aromatic rings. The summed E-state index contributed by atoms with van der Waals surface area (Å²) in [5.74, 6) is 0.245. The molecule has 2 N–H and O–H groups in total. The second kappa shape index (κ2) is 10.7. The molecule has 162 valence electrons. The lowest BCUT2D eigenvalue weighted by atomic mass is 9.88. The van der Waals surface area contributed by atoms with Gasteiger partial charge < -0.3 is 10.1 Å². The van der Waals surface area contributed by atoms with Crippen LogP contribution in [-0.4, -0.2) is 33.6 Å². The van der Waals surface area contributed by atoms with Gasteiger partial charge in [-0.25, -0.2) is 13.1 Å². The van der Waals surface area contributed by atoms with Crippen molar-refractivity contribution in [2.45, 2.75) is 50.2 Å². The van der Waals surface area contributed by atoms with Gasteiger partial charge in [0, 0.05) is 18.7 Å². The van der Waals surface area contributed by atoms with E-state index in [-0.39, 0.29) is 23.5 Å². The summed E-state index contributed by atoms with van der Waals surface area (Å²) in [4.78, 5) is 12.5. The average molecular weight is 431 g/mol. The van der Waals surface area contributed by atoms with Crippen LogP contribution in [0.25, 0.3) is 0 Å². The van der Waals surface area contributed by atoms with Crippen LogP contribution in [0.15, 0.2) is 59.5 Å². The van der Waals surface area contributed by atoms with Crippen molar-refractivity contribution >= 4 is 15.9 Å². The fourth-order valence-electron chi connectivity index (χ4n) is 3.67.